The van der Waals surface area contributed by atoms with E-state index in [1.165, 1.54) is 0 Å². The molecule has 0 bridgehead atoms. The molecular weight excluding hydrogens is 290 g/mol. The number of pyridine rings is 1. The van der Waals surface area contributed by atoms with Crippen molar-refractivity contribution in [3.8, 4) is 0 Å². The van der Waals surface area contributed by atoms with Gasteiger partial charge in [0.25, 0.3) is 5.91 Å². The number of aromatic nitrogens is 1. The summed E-state index contributed by atoms with van der Waals surface area (Å²) in [5, 5.41) is 9.49. The van der Waals surface area contributed by atoms with E-state index in [0.29, 0.717) is 23.0 Å². The first-order chi connectivity index (χ1) is 10.0. The molecule has 1 saturated heterocycles. The first-order valence-electron chi connectivity index (χ1n) is 7.29. The Labute approximate surface area is 130 Å². The number of aliphatic hydroxyl groups excluding tert-OH is 1. The van der Waals surface area contributed by atoms with Gasteiger partial charge in [-0.2, -0.15) is 0 Å². The lowest BCUT2D eigenvalue weighted by atomic mass is 9.98. The summed E-state index contributed by atoms with van der Waals surface area (Å²) in [5.41, 5.74) is 0.559. The minimum atomic E-state index is -0.0273. The first-order valence-corrected chi connectivity index (χ1v) is 7.67. The van der Waals surface area contributed by atoms with E-state index in [4.69, 9.17) is 11.6 Å². The van der Waals surface area contributed by atoms with Gasteiger partial charge in [0.1, 0.15) is 11.0 Å². The molecule has 1 aromatic rings. The van der Waals surface area contributed by atoms with Gasteiger partial charge in [0.05, 0.1) is 0 Å². The van der Waals surface area contributed by atoms with E-state index in [1.807, 2.05) is 23.9 Å². The van der Waals surface area contributed by atoms with Gasteiger partial charge in [0, 0.05) is 38.9 Å². The molecule has 1 atom stereocenters. The smallest absolute Gasteiger partial charge is 0.254 e. The average Bonchev–Trinajstić information content (AvgIpc) is 2.47. The van der Waals surface area contributed by atoms with Crippen LogP contribution in [0.1, 0.15) is 36.0 Å². The van der Waals surface area contributed by atoms with Crippen LogP contribution < -0.4 is 4.90 Å². The lowest BCUT2D eigenvalue weighted by Crippen LogP contribution is -2.44. The average molecular weight is 312 g/mol. The molecule has 0 radical (unpaired) electrons. The molecule has 2 heterocycles. The van der Waals surface area contributed by atoms with Crippen LogP contribution in [-0.4, -0.2) is 54.2 Å². The van der Waals surface area contributed by atoms with Crippen molar-refractivity contribution in [1.29, 1.82) is 0 Å². The monoisotopic (exact) mass is 311 g/mol. The van der Waals surface area contributed by atoms with E-state index in [0.717, 1.165) is 25.8 Å². The van der Waals surface area contributed by atoms with Crippen LogP contribution in [0.15, 0.2) is 12.1 Å². The van der Waals surface area contributed by atoms with Crippen molar-refractivity contribution in [2.45, 2.75) is 31.7 Å². The highest BCUT2D eigenvalue weighted by Crippen LogP contribution is 2.24. The van der Waals surface area contributed by atoms with Gasteiger partial charge >= 0.3 is 0 Å². The minimum Gasteiger partial charge on any atom is -0.396 e. The zero-order chi connectivity index (χ0) is 15.4. The normalized spacial score (nSPS) is 18.7. The molecule has 1 aliphatic rings. The molecule has 5 nitrogen and oxygen atoms in total. The molecule has 0 spiro atoms. The SMILES string of the molecule is CN(C)c1cc(C(=O)N2CCCCC2CCO)cc(Cl)n1. The molecule has 0 aromatic carbocycles. The molecule has 0 aliphatic carbocycles. The van der Waals surface area contributed by atoms with Gasteiger partial charge in [-0.15, -0.1) is 0 Å². The summed E-state index contributed by atoms with van der Waals surface area (Å²) in [4.78, 5) is 20.6. The summed E-state index contributed by atoms with van der Waals surface area (Å²) in [6.45, 7) is 0.842. The van der Waals surface area contributed by atoms with Crippen LogP contribution in [0.3, 0.4) is 0 Å². The molecule has 1 aliphatic heterocycles. The van der Waals surface area contributed by atoms with Crippen molar-refractivity contribution in [3.63, 3.8) is 0 Å². The molecule has 21 heavy (non-hydrogen) atoms. The van der Waals surface area contributed by atoms with Crippen LogP contribution in [-0.2, 0) is 0 Å². The third-order valence-corrected chi connectivity index (χ3v) is 4.03. The van der Waals surface area contributed by atoms with Crippen molar-refractivity contribution in [1.82, 2.24) is 9.88 Å². The van der Waals surface area contributed by atoms with E-state index in [-0.39, 0.29) is 18.6 Å². The number of amides is 1. The summed E-state index contributed by atoms with van der Waals surface area (Å²) < 4.78 is 0. The second-order valence-electron chi connectivity index (χ2n) is 5.59. The molecular formula is C15H22ClN3O2. The lowest BCUT2D eigenvalue weighted by molar-refractivity contribution is 0.0574. The van der Waals surface area contributed by atoms with Crippen LogP contribution in [0.5, 0.6) is 0 Å². The first kappa shape index (κ1) is 16.0. The van der Waals surface area contributed by atoms with Gasteiger partial charge in [0.15, 0.2) is 0 Å². The van der Waals surface area contributed by atoms with Gasteiger partial charge in [-0.1, -0.05) is 11.6 Å². The zero-order valence-electron chi connectivity index (χ0n) is 12.5. The van der Waals surface area contributed by atoms with Crippen molar-refractivity contribution in [2.24, 2.45) is 0 Å². The van der Waals surface area contributed by atoms with Gasteiger partial charge in [-0.3, -0.25) is 4.79 Å². The number of hydrogen-bond donors (Lipinski definition) is 1. The third kappa shape index (κ3) is 3.86. The fourth-order valence-electron chi connectivity index (χ4n) is 2.72. The maximum absolute atomic E-state index is 12.8. The van der Waals surface area contributed by atoms with Gasteiger partial charge in [-0.25, -0.2) is 4.98 Å². The number of likely N-dealkylation sites (tertiary alicyclic amines) is 1. The fourth-order valence-corrected chi connectivity index (χ4v) is 2.92. The minimum absolute atomic E-state index is 0.0273. The zero-order valence-corrected chi connectivity index (χ0v) is 13.3. The van der Waals surface area contributed by atoms with Crippen LogP contribution in [0, 0.1) is 0 Å². The summed E-state index contributed by atoms with van der Waals surface area (Å²) >= 11 is 6.03. The number of anilines is 1. The maximum Gasteiger partial charge on any atom is 0.254 e. The Morgan fingerprint density at radius 1 is 1.48 bits per heavy atom. The Bertz CT molecular complexity index is 506. The molecule has 1 N–H and O–H groups in total. The highest BCUT2D eigenvalue weighted by atomic mass is 35.5. The Balaban J connectivity index is 2.25. The number of piperidine rings is 1. The van der Waals surface area contributed by atoms with Crippen molar-refractivity contribution < 1.29 is 9.90 Å². The summed E-state index contributed by atoms with van der Waals surface area (Å²) in [5.74, 6) is 0.641. The fraction of sp³-hybridized carbons (Fsp3) is 0.600. The molecule has 2 rings (SSSR count). The summed E-state index contributed by atoms with van der Waals surface area (Å²) in [6, 6.07) is 3.49. The number of aliphatic hydroxyl groups is 1. The molecule has 116 valence electrons. The molecule has 1 fully saturated rings. The second kappa shape index (κ2) is 7.09. The van der Waals surface area contributed by atoms with E-state index in [9.17, 15) is 9.90 Å². The maximum atomic E-state index is 12.8. The Morgan fingerprint density at radius 3 is 2.90 bits per heavy atom. The Hall–Kier alpha value is -1.33. The number of halogens is 1. The molecule has 6 heteroatoms. The van der Waals surface area contributed by atoms with Crippen LogP contribution >= 0.6 is 11.6 Å². The van der Waals surface area contributed by atoms with Gasteiger partial charge in [0.2, 0.25) is 0 Å². The van der Waals surface area contributed by atoms with E-state index < -0.39 is 0 Å². The number of hydrogen-bond acceptors (Lipinski definition) is 4. The number of rotatable bonds is 4. The Morgan fingerprint density at radius 2 is 2.24 bits per heavy atom. The third-order valence-electron chi connectivity index (χ3n) is 3.84. The second-order valence-corrected chi connectivity index (χ2v) is 5.98. The highest BCUT2D eigenvalue weighted by molar-refractivity contribution is 6.29. The van der Waals surface area contributed by atoms with Crippen LogP contribution in [0.25, 0.3) is 0 Å². The standard InChI is InChI=1S/C15H22ClN3O2/c1-18(2)14-10-11(9-13(16)17-14)15(21)19-7-4-3-5-12(19)6-8-20/h9-10,12,20H,3-8H2,1-2H3. The molecule has 1 amide bonds. The predicted octanol–water partition coefficient (Wildman–Crippen LogP) is 2.18. The van der Waals surface area contributed by atoms with Crippen molar-refractivity contribution in [3.05, 3.63) is 22.8 Å². The van der Waals surface area contributed by atoms with Gasteiger partial charge < -0.3 is 14.9 Å². The number of carbonyl (C=O) groups is 1. The number of nitrogens with zero attached hydrogens (tertiary/aromatic N) is 3. The van der Waals surface area contributed by atoms with E-state index in [1.54, 1.807) is 12.1 Å². The Kier molecular flexibility index (Phi) is 5.42. The molecule has 0 saturated carbocycles. The largest absolute Gasteiger partial charge is 0.396 e. The topological polar surface area (TPSA) is 56.7 Å². The van der Waals surface area contributed by atoms with E-state index in [2.05, 4.69) is 4.98 Å². The van der Waals surface area contributed by atoms with Crippen LogP contribution in [0.4, 0.5) is 5.82 Å². The predicted molar refractivity (Wildman–Crippen MR) is 84.0 cm³/mol. The summed E-state index contributed by atoms with van der Waals surface area (Å²) in [6.07, 6.45) is 3.69. The van der Waals surface area contributed by atoms with Gasteiger partial charge in [-0.05, 0) is 37.8 Å². The summed E-state index contributed by atoms with van der Waals surface area (Å²) in [7, 11) is 3.73. The molecule has 1 unspecified atom stereocenters. The van der Waals surface area contributed by atoms with Crippen LogP contribution in [0.2, 0.25) is 5.15 Å². The van der Waals surface area contributed by atoms with Crippen molar-refractivity contribution >= 4 is 23.3 Å². The quantitative estimate of drug-likeness (QED) is 0.866. The highest BCUT2D eigenvalue weighted by Gasteiger charge is 2.27. The molecule has 1 aromatic heterocycles. The lowest BCUT2D eigenvalue weighted by Gasteiger charge is -2.35. The number of carbonyl (C=O) groups excluding carboxylic acids is 1. The van der Waals surface area contributed by atoms with E-state index >= 15 is 0 Å². The van der Waals surface area contributed by atoms with Crippen molar-refractivity contribution in [2.75, 3.05) is 32.1 Å².